The van der Waals surface area contributed by atoms with Crippen molar-refractivity contribution in [2.24, 2.45) is 0 Å². The van der Waals surface area contributed by atoms with E-state index in [4.69, 9.17) is 9.47 Å². The SMILES string of the molecule is COc1ccc(C(O)(CCN(C)CCN(C)Cc2ccccc2)c2ccc(OC)cc2)cc1. The first-order chi connectivity index (χ1) is 15.9. The Morgan fingerprint density at radius 2 is 1.15 bits per heavy atom. The molecule has 5 nitrogen and oxygen atoms in total. The van der Waals surface area contributed by atoms with Gasteiger partial charge in [-0.25, -0.2) is 0 Å². The summed E-state index contributed by atoms with van der Waals surface area (Å²) in [7, 11) is 7.55. The summed E-state index contributed by atoms with van der Waals surface area (Å²) in [4.78, 5) is 4.60. The van der Waals surface area contributed by atoms with Gasteiger partial charge < -0.3 is 24.4 Å². The standard InChI is InChI=1S/C28H36N2O3/c1-29(20-21-30(2)22-23-8-6-5-7-9-23)19-18-28(31,24-10-14-26(32-3)15-11-24)25-12-16-27(33-4)17-13-25/h5-17,31H,18-22H2,1-4H3. The van der Waals surface area contributed by atoms with Gasteiger partial charge in [0.05, 0.1) is 14.2 Å². The van der Waals surface area contributed by atoms with Crippen molar-refractivity contribution in [2.75, 3.05) is 47.9 Å². The summed E-state index contributed by atoms with van der Waals surface area (Å²) >= 11 is 0. The summed E-state index contributed by atoms with van der Waals surface area (Å²) in [5.41, 5.74) is 1.91. The normalized spacial score (nSPS) is 11.7. The first kappa shape index (κ1) is 24.8. The van der Waals surface area contributed by atoms with Crippen LogP contribution in [0.1, 0.15) is 23.1 Å². The Bertz CT molecular complexity index is 911. The van der Waals surface area contributed by atoms with Gasteiger partial charge in [-0.05, 0) is 61.5 Å². The number of hydrogen-bond acceptors (Lipinski definition) is 5. The van der Waals surface area contributed by atoms with Gasteiger partial charge in [0, 0.05) is 26.2 Å². The van der Waals surface area contributed by atoms with Gasteiger partial charge in [-0.1, -0.05) is 54.6 Å². The van der Waals surface area contributed by atoms with Crippen molar-refractivity contribution >= 4 is 0 Å². The van der Waals surface area contributed by atoms with Crippen LogP contribution in [0.2, 0.25) is 0 Å². The van der Waals surface area contributed by atoms with Crippen LogP contribution in [0, 0.1) is 0 Å². The molecule has 0 aliphatic heterocycles. The Morgan fingerprint density at radius 3 is 1.64 bits per heavy atom. The molecular weight excluding hydrogens is 412 g/mol. The molecule has 5 heteroatoms. The summed E-state index contributed by atoms with van der Waals surface area (Å²) in [6, 6.07) is 25.9. The van der Waals surface area contributed by atoms with E-state index in [2.05, 4.69) is 48.2 Å². The average Bonchev–Trinajstić information content (AvgIpc) is 2.86. The lowest BCUT2D eigenvalue weighted by Gasteiger charge is -2.32. The van der Waals surface area contributed by atoms with E-state index in [1.165, 1.54) is 5.56 Å². The van der Waals surface area contributed by atoms with Crippen LogP contribution >= 0.6 is 0 Å². The van der Waals surface area contributed by atoms with Crippen LogP contribution < -0.4 is 9.47 Å². The highest BCUT2D eigenvalue weighted by Gasteiger charge is 2.31. The number of methoxy groups -OCH3 is 2. The van der Waals surface area contributed by atoms with Crippen LogP contribution in [-0.4, -0.2) is 62.9 Å². The second kappa shape index (κ2) is 11.8. The van der Waals surface area contributed by atoms with E-state index in [9.17, 15) is 5.11 Å². The predicted molar refractivity (Wildman–Crippen MR) is 134 cm³/mol. The maximum absolute atomic E-state index is 11.9. The van der Waals surface area contributed by atoms with E-state index in [1.807, 2.05) is 54.6 Å². The van der Waals surface area contributed by atoms with E-state index >= 15 is 0 Å². The van der Waals surface area contributed by atoms with Gasteiger partial charge >= 0.3 is 0 Å². The first-order valence-corrected chi connectivity index (χ1v) is 11.4. The second-order valence-electron chi connectivity index (χ2n) is 8.59. The molecule has 0 atom stereocenters. The Balaban J connectivity index is 1.66. The van der Waals surface area contributed by atoms with Gasteiger partial charge in [0.2, 0.25) is 0 Å². The van der Waals surface area contributed by atoms with Crippen LogP contribution in [-0.2, 0) is 12.1 Å². The molecule has 3 aromatic rings. The Labute approximate surface area is 198 Å². The van der Waals surface area contributed by atoms with Crippen molar-refractivity contribution in [3.63, 3.8) is 0 Å². The number of aliphatic hydroxyl groups is 1. The molecule has 176 valence electrons. The van der Waals surface area contributed by atoms with Crippen molar-refractivity contribution in [1.29, 1.82) is 0 Å². The lowest BCUT2D eigenvalue weighted by atomic mass is 9.83. The van der Waals surface area contributed by atoms with Crippen LogP contribution in [0.5, 0.6) is 11.5 Å². The summed E-state index contributed by atoms with van der Waals surface area (Å²) in [6.07, 6.45) is 0.574. The fraction of sp³-hybridized carbons (Fsp3) is 0.357. The van der Waals surface area contributed by atoms with Gasteiger partial charge in [-0.2, -0.15) is 0 Å². The van der Waals surface area contributed by atoms with Crippen molar-refractivity contribution in [2.45, 2.75) is 18.6 Å². The summed E-state index contributed by atoms with van der Waals surface area (Å²) in [5, 5.41) is 11.9. The average molecular weight is 449 g/mol. The molecule has 0 heterocycles. The Hall–Kier alpha value is -2.86. The number of nitrogens with zero attached hydrogens (tertiary/aromatic N) is 2. The molecule has 1 N–H and O–H groups in total. The lowest BCUT2D eigenvalue weighted by molar-refractivity contribution is 0.0594. The van der Waals surface area contributed by atoms with Gasteiger partial charge in [0.25, 0.3) is 0 Å². The highest BCUT2D eigenvalue weighted by molar-refractivity contribution is 5.40. The number of benzene rings is 3. The largest absolute Gasteiger partial charge is 0.497 e. The molecule has 0 spiro atoms. The minimum absolute atomic E-state index is 0.574. The molecule has 0 aromatic heterocycles. The lowest BCUT2D eigenvalue weighted by Crippen LogP contribution is -2.36. The van der Waals surface area contributed by atoms with E-state index < -0.39 is 5.60 Å². The zero-order valence-corrected chi connectivity index (χ0v) is 20.2. The maximum atomic E-state index is 11.9. The van der Waals surface area contributed by atoms with Gasteiger partial charge in [-0.15, -0.1) is 0 Å². The quantitative estimate of drug-likeness (QED) is 0.445. The number of rotatable bonds is 12. The highest BCUT2D eigenvalue weighted by atomic mass is 16.5. The van der Waals surface area contributed by atoms with Crippen molar-refractivity contribution in [1.82, 2.24) is 9.80 Å². The van der Waals surface area contributed by atoms with Crippen molar-refractivity contribution < 1.29 is 14.6 Å². The fourth-order valence-electron chi connectivity index (χ4n) is 3.97. The molecule has 0 bridgehead atoms. The molecule has 0 aliphatic rings. The van der Waals surface area contributed by atoms with Crippen molar-refractivity contribution in [3.05, 3.63) is 95.6 Å². The molecule has 0 saturated carbocycles. The van der Waals surface area contributed by atoms with E-state index in [0.29, 0.717) is 6.42 Å². The zero-order chi connectivity index (χ0) is 23.7. The van der Waals surface area contributed by atoms with Crippen LogP contribution in [0.15, 0.2) is 78.9 Å². The molecule has 33 heavy (non-hydrogen) atoms. The third-order valence-electron chi connectivity index (χ3n) is 6.15. The van der Waals surface area contributed by atoms with E-state index in [1.54, 1.807) is 14.2 Å². The zero-order valence-electron chi connectivity index (χ0n) is 20.2. The number of hydrogen-bond donors (Lipinski definition) is 1. The highest BCUT2D eigenvalue weighted by Crippen LogP contribution is 2.35. The molecule has 0 radical (unpaired) electrons. The topological polar surface area (TPSA) is 45.2 Å². The predicted octanol–water partition coefficient (Wildman–Crippen LogP) is 4.39. The second-order valence-corrected chi connectivity index (χ2v) is 8.59. The number of likely N-dealkylation sites (N-methyl/N-ethyl adjacent to an activating group) is 2. The van der Waals surface area contributed by atoms with Gasteiger partial charge in [-0.3, -0.25) is 0 Å². The minimum Gasteiger partial charge on any atom is -0.497 e. The van der Waals surface area contributed by atoms with Crippen molar-refractivity contribution in [3.8, 4) is 11.5 Å². The van der Waals surface area contributed by atoms with E-state index in [-0.39, 0.29) is 0 Å². The Morgan fingerprint density at radius 1 is 0.667 bits per heavy atom. The van der Waals surface area contributed by atoms with Gasteiger partial charge in [0.1, 0.15) is 17.1 Å². The molecular formula is C28H36N2O3. The Kier molecular flexibility index (Phi) is 8.89. The van der Waals surface area contributed by atoms with Gasteiger partial charge in [0.15, 0.2) is 0 Å². The van der Waals surface area contributed by atoms with Crippen LogP contribution in [0.25, 0.3) is 0 Å². The third-order valence-corrected chi connectivity index (χ3v) is 6.15. The fourth-order valence-corrected chi connectivity index (χ4v) is 3.97. The third kappa shape index (κ3) is 6.81. The summed E-state index contributed by atoms with van der Waals surface area (Å²) in [6.45, 7) is 3.56. The monoisotopic (exact) mass is 448 g/mol. The molecule has 3 aromatic carbocycles. The molecule has 3 rings (SSSR count). The molecule has 0 unspecified atom stereocenters. The summed E-state index contributed by atoms with van der Waals surface area (Å²) < 4.78 is 10.6. The maximum Gasteiger partial charge on any atom is 0.118 e. The molecule has 0 amide bonds. The minimum atomic E-state index is -1.11. The van der Waals surface area contributed by atoms with Crippen LogP contribution in [0.4, 0.5) is 0 Å². The number of ether oxygens (including phenoxy) is 2. The van der Waals surface area contributed by atoms with Crippen LogP contribution in [0.3, 0.4) is 0 Å². The first-order valence-electron chi connectivity index (χ1n) is 11.4. The smallest absolute Gasteiger partial charge is 0.118 e. The molecule has 0 aliphatic carbocycles. The summed E-state index contributed by atoms with van der Waals surface area (Å²) in [5.74, 6) is 1.55. The molecule has 0 fully saturated rings. The van der Waals surface area contributed by atoms with E-state index in [0.717, 1.165) is 48.8 Å². The molecule has 0 saturated heterocycles.